The van der Waals surface area contributed by atoms with Gasteiger partial charge in [-0.25, -0.2) is 0 Å². The maximum absolute atomic E-state index is 11.2. The van der Waals surface area contributed by atoms with Crippen LogP contribution in [0.5, 0.6) is 0 Å². The quantitative estimate of drug-likeness (QED) is 0.587. The first-order valence-electron chi connectivity index (χ1n) is 4.05. The summed E-state index contributed by atoms with van der Waals surface area (Å²) in [7, 11) is 0. The molecule has 2 rings (SSSR count). The normalized spacial score (nSPS) is 10.6. The molecule has 3 N–H and O–H groups in total. The van der Waals surface area contributed by atoms with E-state index >= 15 is 0 Å². The van der Waals surface area contributed by atoms with Crippen LogP contribution in [0.2, 0.25) is 0 Å². The standard InChI is InChI=1S/C9H8N2O2S/c10-3-7(13)8-2-5-1-6(4-12)11-9(5)14-8/h1-2,4,11H,3,10H2. The van der Waals surface area contributed by atoms with Crippen LogP contribution in [0, 0.1) is 0 Å². The third kappa shape index (κ3) is 1.36. The van der Waals surface area contributed by atoms with Gasteiger partial charge in [0.05, 0.1) is 17.1 Å². The Hall–Kier alpha value is -1.46. The molecule has 0 saturated carbocycles. The first kappa shape index (κ1) is 9.11. The number of rotatable bonds is 3. The number of carbonyl (C=O) groups is 2. The molecule has 0 atom stereocenters. The van der Waals surface area contributed by atoms with Gasteiger partial charge in [-0.1, -0.05) is 0 Å². The molecule has 0 aliphatic carbocycles. The van der Waals surface area contributed by atoms with Crippen molar-refractivity contribution in [1.29, 1.82) is 0 Å². The summed E-state index contributed by atoms with van der Waals surface area (Å²) in [4.78, 5) is 26.0. The third-order valence-corrected chi connectivity index (χ3v) is 3.02. The molecular formula is C9H8N2O2S. The highest BCUT2D eigenvalue weighted by atomic mass is 32.1. The Morgan fingerprint density at radius 2 is 2.36 bits per heavy atom. The minimum Gasteiger partial charge on any atom is -0.344 e. The second-order valence-electron chi connectivity index (χ2n) is 2.86. The molecule has 2 aromatic rings. The first-order valence-corrected chi connectivity index (χ1v) is 4.87. The number of aromatic amines is 1. The van der Waals surface area contributed by atoms with Gasteiger partial charge in [0, 0.05) is 5.39 Å². The smallest absolute Gasteiger partial charge is 0.186 e. The van der Waals surface area contributed by atoms with Gasteiger partial charge in [-0.3, -0.25) is 9.59 Å². The van der Waals surface area contributed by atoms with Gasteiger partial charge in [-0.05, 0) is 12.1 Å². The Bertz CT molecular complexity index is 466. The van der Waals surface area contributed by atoms with Crippen molar-refractivity contribution >= 4 is 33.6 Å². The number of hydrogen-bond donors (Lipinski definition) is 2. The summed E-state index contributed by atoms with van der Waals surface area (Å²) in [5, 5.41) is 0.883. The van der Waals surface area contributed by atoms with Gasteiger partial charge < -0.3 is 10.7 Å². The molecule has 14 heavy (non-hydrogen) atoms. The van der Waals surface area contributed by atoms with Crippen molar-refractivity contribution in [3.05, 3.63) is 22.7 Å². The van der Waals surface area contributed by atoms with Crippen molar-refractivity contribution in [3.63, 3.8) is 0 Å². The molecule has 72 valence electrons. The lowest BCUT2D eigenvalue weighted by Crippen LogP contribution is -2.11. The topological polar surface area (TPSA) is 76.0 Å². The van der Waals surface area contributed by atoms with Crippen LogP contribution in [0.1, 0.15) is 20.2 Å². The Morgan fingerprint density at radius 3 is 2.93 bits per heavy atom. The van der Waals surface area contributed by atoms with Gasteiger partial charge in [-0.2, -0.15) is 0 Å². The number of aromatic nitrogens is 1. The molecule has 0 fully saturated rings. The Balaban J connectivity index is 2.49. The summed E-state index contributed by atoms with van der Waals surface area (Å²) in [6.07, 6.45) is 0.747. The van der Waals surface area contributed by atoms with Gasteiger partial charge in [0.2, 0.25) is 0 Å². The van der Waals surface area contributed by atoms with Crippen molar-refractivity contribution in [2.75, 3.05) is 6.54 Å². The number of carbonyl (C=O) groups excluding carboxylic acids is 2. The Labute approximate surface area is 83.7 Å². The van der Waals surface area contributed by atoms with Crippen LogP contribution in [-0.2, 0) is 0 Å². The van der Waals surface area contributed by atoms with E-state index < -0.39 is 0 Å². The van der Waals surface area contributed by atoms with E-state index in [1.54, 1.807) is 12.1 Å². The number of H-pyrrole nitrogens is 1. The molecule has 5 heteroatoms. The molecule has 0 aliphatic heterocycles. The minimum absolute atomic E-state index is 0.0175. The van der Waals surface area contributed by atoms with E-state index in [0.717, 1.165) is 16.5 Å². The Morgan fingerprint density at radius 1 is 1.57 bits per heavy atom. The summed E-state index contributed by atoms with van der Waals surface area (Å²) in [5.41, 5.74) is 5.77. The zero-order chi connectivity index (χ0) is 10.1. The van der Waals surface area contributed by atoms with Crippen LogP contribution in [0.3, 0.4) is 0 Å². The van der Waals surface area contributed by atoms with E-state index in [-0.39, 0.29) is 12.3 Å². The molecule has 2 heterocycles. The molecule has 4 nitrogen and oxygen atoms in total. The average molecular weight is 208 g/mol. The van der Waals surface area contributed by atoms with E-state index in [4.69, 9.17) is 5.73 Å². The van der Waals surface area contributed by atoms with E-state index in [9.17, 15) is 9.59 Å². The monoisotopic (exact) mass is 208 g/mol. The number of aldehydes is 1. The molecule has 0 aromatic carbocycles. The van der Waals surface area contributed by atoms with Crippen molar-refractivity contribution in [3.8, 4) is 0 Å². The zero-order valence-corrected chi connectivity index (χ0v) is 8.06. The highest BCUT2D eigenvalue weighted by Crippen LogP contribution is 2.25. The fraction of sp³-hybridized carbons (Fsp3) is 0.111. The van der Waals surface area contributed by atoms with E-state index in [2.05, 4.69) is 4.98 Å². The van der Waals surface area contributed by atoms with E-state index in [0.29, 0.717) is 10.6 Å². The number of ketones is 1. The van der Waals surface area contributed by atoms with Gasteiger partial charge in [0.25, 0.3) is 0 Å². The van der Waals surface area contributed by atoms with Gasteiger partial charge >= 0.3 is 0 Å². The van der Waals surface area contributed by atoms with Crippen LogP contribution in [-0.4, -0.2) is 23.6 Å². The van der Waals surface area contributed by atoms with Crippen molar-refractivity contribution in [2.24, 2.45) is 5.73 Å². The number of hydrogen-bond acceptors (Lipinski definition) is 4. The molecular weight excluding hydrogens is 200 g/mol. The highest BCUT2D eigenvalue weighted by Gasteiger charge is 2.10. The molecule has 2 aromatic heterocycles. The van der Waals surface area contributed by atoms with Crippen molar-refractivity contribution in [2.45, 2.75) is 0 Å². The zero-order valence-electron chi connectivity index (χ0n) is 7.24. The number of Topliss-reactive ketones (excluding diaryl/α,β-unsaturated/α-hetero) is 1. The maximum Gasteiger partial charge on any atom is 0.186 e. The summed E-state index contributed by atoms with van der Waals surface area (Å²) in [6.45, 7) is 0.0175. The fourth-order valence-corrected chi connectivity index (χ4v) is 2.25. The number of nitrogens with two attached hydrogens (primary N) is 1. The van der Waals surface area contributed by atoms with Gasteiger partial charge in [-0.15, -0.1) is 11.3 Å². The second kappa shape index (κ2) is 3.36. The predicted octanol–water partition coefficient (Wildman–Crippen LogP) is 1.18. The van der Waals surface area contributed by atoms with Crippen LogP contribution in [0.15, 0.2) is 12.1 Å². The largest absolute Gasteiger partial charge is 0.344 e. The summed E-state index contributed by atoms with van der Waals surface area (Å²) < 4.78 is 0. The lowest BCUT2D eigenvalue weighted by molar-refractivity contribution is 0.100. The van der Waals surface area contributed by atoms with Crippen LogP contribution in [0.4, 0.5) is 0 Å². The average Bonchev–Trinajstić information content (AvgIpc) is 2.72. The van der Waals surface area contributed by atoms with E-state index in [1.807, 2.05) is 0 Å². The molecule has 0 saturated heterocycles. The molecule has 0 radical (unpaired) electrons. The second-order valence-corrected chi connectivity index (χ2v) is 3.92. The van der Waals surface area contributed by atoms with Crippen molar-refractivity contribution in [1.82, 2.24) is 4.98 Å². The Kier molecular flexibility index (Phi) is 2.18. The minimum atomic E-state index is -0.0766. The first-order chi connectivity index (χ1) is 6.74. The summed E-state index contributed by atoms with van der Waals surface area (Å²) in [5.74, 6) is -0.0766. The van der Waals surface area contributed by atoms with Crippen LogP contribution < -0.4 is 5.73 Å². The highest BCUT2D eigenvalue weighted by molar-refractivity contribution is 7.20. The predicted molar refractivity (Wildman–Crippen MR) is 54.9 cm³/mol. The number of thiophene rings is 1. The number of nitrogens with one attached hydrogen (secondary N) is 1. The molecule has 0 amide bonds. The third-order valence-electron chi connectivity index (χ3n) is 1.92. The van der Waals surface area contributed by atoms with Gasteiger partial charge in [0.1, 0.15) is 4.83 Å². The van der Waals surface area contributed by atoms with Crippen LogP contribution in [0.25, 0.3) is 10.2 Å². The van der Waals surface area contributed by atoms with E-state index in [1.165, 1.54) is 11.3 Å². The number of fused-ring (bicyclic) bond motifs is 1. The molecule has 0 aliphatic rings. The van der Waals surface area contributed by atoms with Gasteiger partial charge in [0.15, 0.2) is 12.1 Å². The van der Waals surface area contributed by atoms with Crippen LogP contribution >= 0.6 is 11.3 Å². The lowest BCUT2D eigenvalue weighted by Gasteiger charge is -1.88. The van der Waals surface area contributed by atoms with Crippen molar-refractivity contribution < 1.29 is 9.59 Å². The molecule has 0 spiro atoms. The summed E-state index contributed by atoms with van der Waals surface area (Å²) in [6, 6.07) is 3.46. The molecule has 0 unspecified atom stereocenters. The lowest BCUT2D eigenvalue weighted by atomic mass is 10.3. The molecule has 0 bridgehead atoms. The SMILES string of the molecule is NCC(=O)c1cc2cc(C=O)[nH]c2s1. The fourth-order valence-electron chi connectivity index (χ4n) is 1.25. The summed E-state index contributed by atoms with van der Waals surface area (Å²) >= 11 is 1.32. The maximum atomic E-state index is 11.2.